The van der Waals surface area contributed by atoms with Gasteiger partial charge in [0.2, 0.25) is 0 Å². The Morgan fingerprint density at radius 2 is 0.522 bits per heavy atom. The predicted molar refractivity (Wildman–Crippen MR) is 297 cm³/mol. The van der Waals surface area contributed by atoms with E-state index in [-0.39, 0.29) is 31.1 Å². The zero-order valence-electron chi connectivity index (χ0n) is 45.3. The molecule has 6 nitrogen and oxygen atoms in total. The Labute approximate surface area is 426 Å². The van der Waals surface area contributed by atoms with Gasteiger partial charge in [0.15, 0.2) is 6.10 Å². The third-order valence-electron chi connectivity index (χ3n) is 12.3. The summed E-state index contributed by atoms with van der Waals surface area (Å²) in [6.07, 6.45) is 74.2. The molecule has 0 unspecified atom stereocenters. The van der Waals surface area contributed by atoms with E-state index in [0.717, 1.165) is 103 Å². The summed E-state index contributed by atoms with van der Waals surface area (Å²) < 4.78 is 16.8. The van der Waals surface area contributed by atoms with E-state index in [0.29, 0.717) is 19.3 Å². The van der Waals surface area contributed by atoms with Gasteiger partial charge in [0.25, 0.3) is 0 Å². The van der Waals surface area contributed by atoms with Crippen LogP contribution in [-0.4, -0.2) is 37.2 Å². The molecule has 69 heavy (non-hydrogen) atoms. The first kappa shape index (κ1) is 65.6. The number of ether oxygens (including phenoxy) is 3. The zero-order chi connectivity index (χ0) is 50.0. The number of esters is 3. The molecule has 396 valence electrons. The van der Waals surface area contributed by atoms with Crippen LogP contribution in [0.15, 0.2) is 85.1 Å². The highest BCUT2D eigenvalue weighted by atomic mass is 16.6. The molecule has 0 aliphatic heterocycles. The molecule has 0 saturated carbocycles. The predicted octanol–water partition coefficient (Wildman–Crippen LogP) is 19.5. The zero-order valence-corrected chi connectivity index (χ0v) is 45.3. The van der Waals surface area contributed by atoms with Crippen LogP contribution in [-0.2, 0) is 28.6 Å². The second kappa shape index (κ2) is 57.2. The highest BCUT2D eigenvalue weighted by Gasteiger charge is 2.19. The molecule has 1 atom stereocenters. The maximum absolute atomic E-state index is 12.9. The molecule has 0 N–H and O–H groups in total. The number of carbonyl (C=O) groups is 3. The van der Waals surface area contributed by atoms with Crippen LogP contribution < -0.4 is 0 Å². The Morgan fingerprint density at radius 1 is 0.290 bits per heavy atom. The maximum atomic E-state index is 12.9. The Morgan fingerprint density at radius 3 is 0.870 bits per heavy atom. The SMILES string of the molecule is CCCCC/C=C\C/C=C\C/C=C\C/C=C\CCCCCC(=O)OC[C@@H](COC(=O)CCCCCCC/C=C\CCCCCCCC)OC(=O)CCCCCCCCC/C=C\C/C=C\CCCCC. The molecule has 0 fully saturated rings. The number of unbranched alkanes of at least 4 members (excludes halogenated alkanes) is 27. The normalized spacial score (nSPS) is 12.7. The van der Waals surface area contributed by atoms with Crippen molar-refractivity contribution in [3.05, 3.63) is 85.1 Å². The molecular weight excluding hydrogens is 853 g/mol. The quantitative estimate of drug-likeness (QED) is 0.0262. The molecule has 0 heterocycles. The molecule has 0 radical (unpaired) electrons. The van der Waals surface area contributed by atoms with Crippen LogP contribution in [0, 0.1) is 0 Å². The second-order valence-corrected chi connectivity index (χ2v) is 19.2. The van der Waals surface area contributed by atoms with Crippen LogP contribution in [0.1, 0.15) is 278 Å². The van der Waals surface area contributed by atoms with E-state index in [1.807, 2.05) is 0 Å². The van der Waals surface area contributed by atoms with Crippen molar-refractivity contribution in [2.45, 2.75) is 284 Å². The molecule has 0 rings (SSSR count). The summed E-state index contributed by atoms with van der Waals surface area (Å²) in [5.74, 6) is -0.936. The van der Waals surface area contributed by atoms with Crippen molar-refractivity contribution in [1.29, 1.82) is 0 Å². The van der Waals surface area contributed by atoms with E-state index in [1.165, 1.54) is 135 Å². The van der Waals surface area contributed by atoms with Crippen molar-refractivity contribution in [3.8, 4) is 0 Å². The van der Waals surface area contributed by atoms with Crippen LogP contribution in [0.25, 0.3) is 0 Å². The minimum Gasteiger partial charge on any atom is -0.462 e. The third kappa shape index (κ3) is 55.4. The lowest BCUT2D eigenvalue weighted by molar-refractivity contribution is -0.167. The van der Waals surface area contributed by atoms with Gasteiger partial charge in [-0.05, 0) is 122 Å². The van der Waals surface area contributed by atoms with Gasteiger partial charge in [0.1, 0.15) is 13.2 Å². The van der Waals surface area contributed by atoms with E-state index in [9.17, 15) is 14.4 Å². The third-order valence-corrected chi connectivity index (χ3v) is 12.3. The van der Waals surface area contributed by atoms with Gasteiger partial charge in [0.05, 0.1) is 0 Å². The molecule has 0 spiro atoms. The molecule has 0 aliphatic rings. The lowest BCUT2D eigenvalue weighted by atomic mass is 10.1. The van der Waals surface area contributed by atoms with E-state index in [2.05, 4.69) is 106 Å². The van der Waals surface area contributed by atoms with Crippen molar-refractivity contribution >= 4 is 17.9 Å². The van der Waals surface area contributed by atoms with Crippen molar-refractivity contribution in [2.75, 3.05) is 13.2 Å². The molecule has 6 heteroatoms. The minimum atomic E-state index is -0.798. The molecule has 0 bridgehead atoms. The van der Waals surface area contributed by atoms with Crippen LogP contribution in [0.4, 0.5) is 0 Å². The highest BCUT2D eigenvalue weighted by Crippen LogP contribution is 2.14. The molecule has 0 aromatic carbocycles. The first-order chi connectivity index (χ1) is 34.0. The van der Waals surface area contributed by atoms with Crippen molar-refractivity contribution in [3.63, 3.8) is 0 Å². The standard InChI is InChI=1S/C63H108O6/c1-4-7-10-13-16-19-22-25-28-30-31-33-35-38-41-44-47-50-53-56-62(65)68-59-60(58-67-61(64)55-52-49-46-43-40-37-34-27-24-21-18-15-12-9-6-3)69-63(66)57-54-51-48-45-42-39-36-32-29-26-23-20-17-14-11-8-5-2/h16-17,19-20,25-29,31,33-34,38,41,60H,4-15,18,21-24,30,32,35-37,39-40,42-59H2,1-3H3/b19-16-,20-17-,28-25-,29-26-,33-31-,34-27-,41-38-/t60-/m1/s1. The van der Waals surface area contributed by atoms with Crippen LogP contribution in [0.2, 0.25) is 0 Å². The van der Waals surface area contributed by atoms with Gasteiger partial charge >= 0.3 is 17.9 Å². The maximum Gasteiger partial charge on any atom is 0.306 e. The van der Waals surface area contributed by atoms with Gasteiger partial charge in [0, 0.05) is 19.3 Å². The Balaban J connectivity index is 4.47. The first-order valence-electron chi connectivity index (χ1n) is 29.1. The fourth-order valence-corrected chi connectivity index (χ4v) is 7.92. The smallest absolute Gasteiger partial charge is 0.306 e. The van der Waals surface area contributed by atoms with Crippen LogP contribution in [0.3, 0.4) is 0 Å². The molecule has 0 amide bonds. The molecule has 0 saturated heterocycles. The summed E-state index contributed by atoms with van der Waals surface area (Å²) in [4.78, 5) is 38.2. The van der Waals surface area contributed by atoms with Crippen LogP contribution >= 0.6 is 0 Å². The highest BCUT2D eigenvalue weighted by molar-refractivity contribution is 5.71. The average Bonchev–Trinajstić information content (AvgIpc) is 3.35. The van der Waals surface area contributed by atoms with Crippen molar-refractivity contribution < 1.29 is 28.6 Å². The summed E-state index contributed by atoms with van der Waals surface area (Å²) >= 11 is 0. The number of rotatable bonds is 52. The first-order valence-corrected chi connectivity index (χ1v) is 29.1. The Kier molecular flexibility index (Phi) is 54.3. The Bertz CT molecular complexity index is 1330. The second-order valence-electron chi connectivity index (χ2n) is 19.2. The fraction of sp³-hybridized carbons (Fsp3) is 0.730. The van der Waals surface area contributed by atoms with Crippen molar-refractivity contribution in [2.24, 2.45) is 0 Å². The summed E-state index contributed by atoms with van der Waals surface area (Å²) in [5, 5.41) is 0. The van der Waals surface area contributed by atoms with E-state index in [4.69, 9.17) is 14.2 Å². The fourth-order valence-electron chi connectivity index (χ4n) is 7.92. The lowest BCUT2D eigenvalue weighted by Gasteiger charge is -2.18. The minimum absolute atomic E-state index is 0.0943. The topological polar surface area (TPSA) is 78.9 Å². The van der Waals surface area contributed by atoms with Gasteiger partial charge in [-0.25, -0.2) is 0 Å². The van der Waals surface area contributed by atoms with E-state index < -0.39 is 6.10 Å². The number of hydrogen-bond acceptors (Lipinski definition) is 6. The summed E-state index contributed by atoms with van der Waals surface area (Å²) in [5.41, 5.74) is 0. The monoisotopic (exact) mass is 961 g/mol. The molecule has 0 aromatic rings. The lowest BCUT2D eigenvalue weighted by Crippen LogP contribution is -2.30. The number of allylic oxidation sites excluding steroid dienone is 14. The van der Waals surface area contributed by atoms with Crippen molar-refractivity contribution in [1.82, 2.24) is 0 Å². The van der Waals surface area contributed by atoms with Gasteiger partial charge in [-0.1, -0.05) is 221 Å². The average molecular weight is 962 g/mol. The number of carbonyl (C=O) groups excluding carboxylic acids is 3. The largest absolute Gasteiger partial charge is 0.462 e. The van der Waals surface area contributed by atoms with Gasteiger partial charge < -0.3 is 14.2 Å². The Hall–Kier alpha value is -3.41. The van der Waals surface area contributed by atoms with Gasteiger partial charge in [-0.2, -0.15) is 0 Å². The van der Waals surface area contributed by atoms with E-state index in [1.54, 1.807) is 0 Å². The molecule has 0 aliphatic carbocycles. The molecule has 0 aromatic heterocycles. The van der Waals surface area contributed by atoms with Gasteiger partial charge in [-0.15, -0.1) is 0 Å². The van der Waals surface area contributed by atoms with E-state index >= 15 is 0 Å². The summed E-state index contributed by atoms with van der Waals surface area (Å²) in [7, 11) is 0. The summed E-state index contributed by atoms with van der Waals surface area (Å²) in [6, 6.07) is 0. The van der Waals surface area contributed by atoms with Crippen LogP contribution in [0.5, 0.6) is 0 Å². The summed E-state index contributed by atoms with van der Waals surface area (Å²) in [6.45, 7) is 6.55. The van der Waals surface area contributed by atoms with Gasteiger partial charge in [-0.3, -0.25) is 14.4 Å². The number of hydrogen-bond donors (Lipinski definition) is 0. The molecular formula is C63H108O6.